The minimum absolute atomic E-state index is 0. The summed E-state index contributed by atoms with van der Waals surface area (Å²) in [6.45, 7) is 2.23. The Hall–Kier alpha value is 3.95. The standard InChI is InChI=1S/C20H38N10O4.2C2H4NO2.4K/c31-14(32)7-22-18-28-19(23-8-15(33)34)30-20(29-18)27-13-6-2-4-11-3-1-5-12(16(11)13)26-17-24-9-21-10-25-17;2*4-1-3-2-5;;;;/h9-13,16-30H,1-8H2,(H,31,32)(H,33,34);2*4H,1H2,(H,3,5);;;;/q-2;2*-1;4*+1/p-2. The van der Waals surface area contributed by atoms with Crippen LogP contribution in [0.2, 0.25) is 0 Å². The van der Waals surface area contributed by atoms with Crippen molar-refractivity contribution in [3.8, 4) is 0 Å². The van der Waals surface area contributed by atoms with Crippen LogP contribution in [0.5, 0.6) is 0 Å². The molecule has 2 saturated heterocycles. The van der Waals surface area contributed by atoms with Gasteiger partial charge in [0.1, 0.15) is 18.9 Å². The average Bonchev–Trinajstić information content (AvgIpc) is 3.01. The Labute approximate surface area is 451 Å². The Balaban J connectivity index is -0.00000127. The first kappa shape index (κ1) is 56.3. The molecular weight excluding hydrogens is 741 g/mol. The van der Waals surface area contributed by atoms with Gasteiger partial charge in [0.05, 0.1) is 31.7 Å². The van der Waals surface area contributed by atoms with Crippen LogP contribution in [0.1, 0.15) is 38.5 Å². The summed E-state index contributed by atoms with van der Waals surface area (Å²) < 4.78 is 0. The first-order valence-electron chi connectivity index (χ1n) is 14.3. The van der Waals surface area contributed by atoms with Gasteiger partial charge in [-0.15, -0.1) is 0 Å². The zero-order valence-electron chi connectivity index (χ0n) is 28.2. The van der Waals surface area contributed by atoms with Crippen molar-refractivity contribution >= 4 is 24.8 Å². The molecule has 4 rings (SSSR count). The van der Waals surface area contributed by atoms with Crippen LogP contribution in [-0.2, 0) is 19.2 Å². The summed E-state index contributed by atoms with van der Waals surface area (Å²) in [5.74, 6) is -1.42. The third kappa shape index (κ3) is 24.5. The molecule has 2 saturated carbocycles. The van der Waals surface area contributed by atoms with Gasteiger partial charge in [0.25, 0.3) is 0 Å². The van der Waals surface area contributed by atoms with Gasteiger partial charge >= 0.3 is 206 Å². The molecule has 4 fully saturated rings. The van der Waals surface area contributed by atoms with E-state index in [9.17, 15) is 19.8 Å². The van der Waals surface area contributed by atoms with E-state index in [0.29, 0.717) is 17.9 Å². The van der Waals surface area contributed by atoms with Crippen molar-refractivity contribution in [3.63, 3.8) is 0 Å². The maximum absolute atomic E-state index is 10.9. The molecule has 24 heteroatoms. The summed E-state index contributed by atoms with van der Waals surface area (Å²) >= 11 is 0. The molecule has 6 unspecified atom stereocenters. The van der Waals surface area contributed by atoms with E-state index in [0.717, 1.165) is 19.3 Å². The van der Waals surface area contributed by atoms with Gasteiger partial charge in [-0.2, -0.15) is 12.8 Å². The van der Waals surface area contributed by atoms with E-state index in [1.165, 1.54) is 32.1 Å². The average molecular weight is 785 g/mol. The van der Waals surface area contributed by atoms with Crippen LogP contribution < -0.4 is 280 Å². The van der Waals surface area contributed by atoms with Crippen LogP contribution in [0, 0.1) is 25.2 Å². The van der Waals surface area contributed by atoms with Gasteiger partial charge in [-0.1, -0.05) is 25.7 Å². The van der Waals surface area contributed by atoms with Crippen molar-refractivity contribution in [2.75, 3.05) is 26.6 Å². The molecule has 2 heterocycles. The molecule has 20 nitrogen and oxygen atoms in total. The summed E-state index contributed by atoms with van der Waals surface area (Å²) in [7, 11) is 0. The number of nitrogens with one attached hydrogen (secondary N) is 12. The smallest absolute Gasteiger partial charge is 0.596 e. The Bertz CT molecular complexity index is 825. The topological polar surface area (TPSA) is 299 Å². The molecule has 0 radical (unpaired) electrons. The van der Waals surface area contributed by atoms with Crippen LogP contribution in [0.3, 0.4) is 0 Å². The molecule has 254 valence electrons. The van der Waals surface area contributed by atoms with Crippen molar-refractivity contribution in [2.45, 2.75) is 75.8 Å². The van der Waals surface area contributed by atoms with E-state index in [4.69, 9.17) is 19.8 Å². The van der Waals surface area contributed by atoms with E-state index in [-0.39, 0.29) is 251 Å². The van der Waals surface area contributed by atoms with Crippen molar-refractivity contribution in [2.24, 2.45) is 11.8 Å². The number of amides is 2. The Morgan fingerprint density at radius 3 is 1.48 bits per heavy atom. The Morgan fingerprint density at radius 1 is 0.688 bits per heavy atom. The van der Waals surface area contributed by atoms with Crippen LogP contribution >= 0.6 is 0 Å². The number of fused-ring (bicyclic) bond motifs is 1. The molecule has 0 aromatic rings. The zero-order valence-corrected chi connectivity index (χ0v) is 40.7. The number of aliphatic carboxylic acids is 2. The maximum atomic E-state index is 10.9. The van der Waals surface area contributed by atoms with Gasteiger partial charge in [0, 0.05) is 25.2 Å². The third-order valence-electron chi connectivity index (χ3n) is 7.29. The van der Waals surface area contributed by atoms with Crippen molar-refractivity contribution < 1.29 is 245 Å². The van der Waals surface area contributed by atoms with Crippen LogP contribution in [0.15, 0.2) is 0 Å². The van der Waals surface area contributed by atoms with E-state index in [1.807, 2.05) is 10.6 Å². The number of carbonyl (C=O) groups excluding carboxylic acids is 4. The SMILES string of the molecule is O=C([O-])CNC1NC(NCC(=O)[O-])NC(NC2CCCC3CCCC(NC4N[CH-]N[CH-]N4)C32)N1.O=[C-]NCO.O=[C-]NCO.[K+].[K+].[K+].[K+]. The number of carboxylic acids is 2. The number of rotatable bonds is 14. The summed E-state index contributed by atoms with van der Waals surface area (Å²) in [5, 5.41) is 73.0. The van der Waals surface area contributed by atoms with Gasteiger partial charge in [-0.05, 0) is 24.7 Å². The number of hydrogen-bond donors (Lipinski definition) is 14. The van der Waals surface area contributed by atoms with Gasteiger partial charge in [-0.3, -0.25) is 37.2 Å². The van der Waals surface area contributed by atoms with Crippen LogP contribution in [0.25, 0.3) is 0 Å². The molecule has 4 aliphatic rings. The zero-order chi connectivity index (χ0) is 32.2. The minimum Gasteiger partial charge on any atom is -0.596 e. The Kier molecular flexibility index (Phi) is 41.5. The molecule has 48 heavy (non-hydrogen) atoms. The summed E-state index contributed by atoms with van der Waals surface area (Å²) in [6.07, 6.45) is 7.82. The van der Waals surface area contributed by atoms with Crippen molar-refractivity contribution in [3.05, 3.63) is 13.3 Å². The van der Waals surface area contributed by atoms with Crippen LogP contribution in [-0.4, -0.2) is 98.8 Å². The first-order valence-corrected chi connectivity index (χ1v) is 14.3. The molecule has 2 aliphatic heterocycles. The van der Waals surface area contributed by atoms with Gasteiger partial charge < -0.3 is 66.2 Å². The second kappa shape index (κ2) is 35.4. The fourth-order valence-corrected chi connectivity index (χ4v) is 5.73. The number of carboxylic acid groups (broad SMARTS) is 2. The van der Waals surface area contributed by atoms with E-state index < -0.39 is 24.5 Å². The van der Waals surface area contributed by atoms with Crippen molar-refractivity contribution in [1.82, 2.24) is 63.8 Å². The Morgan fingerprint density at radius 2 is 1.10 bits per heavy atom. The largest absolute Gasteiger partial charge is 1.00 e. The van der Waals surface area contributed by atoms with Gasteiger partial charge in [0.2, 0.25) is 0 Å². The second-order valence-corrected chi connectivity index (χ2v) is 10.1. The van der Waals surface area contributed by atoms with Gasteiger partial charge in [-0.25, -0.2) is 13.3 Å². The molecule has 0 aromatic carbocycles. The molecule has 0 aromatic heterocycles. The predicted molar refractivity (Wildman–Crippen MR) is 149 cm³/mol. The first-order chi connectivity index (χ1) is 21.3. The molecule has 14 N–H and O–H groups in total. The van der Waals surface area contributed by atoms with Gasteiger partial charge in [0.15, 0.2) is 0 Å². The fraction of sp³-hybridized carbons (Fsp3) is 0.750. The molecule has 2 amide bonds. The van der Waals surface area contributed by atoms with E-state index >= 15 is 0 Å². The van der Waals surface area contributed by atoms with Crippen LogP contribution in [0.4, 0.5) is 0 Å². The number of aliphatic hydroxyl groups excluding tert-OH is 2. The summed E-state index contributed by atoms with van der Waals surface area (Å²) in [6, 6.07) is 0.542. The molecule has 2 aliphatic carbocycles. The van der Waals surface area contributed by atoms with E-state index in [2.05, 4.69) is 53.2 Å². The molecule has 0 spiro atoms. The third-order valence-corrected chi connectivity index (χ3v) is 7.29. The summed E-state index contributed by atoms with van der Waals surface area (Å²) in [5.41, 5.74) is 0. The number of hydrogen-bond acceptors (Lipinski definition) is 18. The molecule has 0 bridgehead atoms. The normalized spacial score (nSPS) is 27.7. The number of aliphatic hydroxyl groups is 2. The predicted octanol–water partition coefficient (Wildman–Crippen LogP) is -20.7. The maximum Gasteiger partial charge on any atom is 1.00 e. The monoisotopic (exact) mass is 784 g/mol. The molecular formula is C24H44K4N12O8-2. The molecule has 6 atom stereocenters. The quantitative estimate of drug-likeness (QED) is 0.0337. The minimum atomic E-state index is -1.23. The number of carbonyl (C=O) groups is 2. The second-order valence-electron chi connectivity index (χ2n) is 10.1. The van der Waals surface area contributed by atoms with Crippen molar-refractivity contribution in [1.29, 1.82) is 0 Å². The fourth-order valence-electron chi connectivity index (χ4n) is 5.73. The summed E-state index contributed by atoms with van der Waals surface area (Å²) in [4.78, 5) is 39.8. The van der Waals surface area contributed by atoms with E-state index in [1.54, 1.807) is 13.3 Å².